The number of imide groups is 1. The van der Waals surface area contributed by atoms with Gasteiger partial charge in [0.05, 0.1) is 5.56 Å². The zero-order valence-electron chi connectivity index (χ0n) is 12.4. The summed E-state index contributed by atoms with van der Waals surface area (Å²) in [6.07, 6.45) is 0.898. The first-order valence-electron chi connectivity index (χ1n) is 7.12. The van der Waals surface area contributed by atoms with Gasteiger partial charge < -0.3 is 4.90 Å². The lowest BCUT2D eigenvalue weighted by molar-refractivity contribution is 0.0843. The van der Waals surface area contributed by atoms with Gasteiger partial charge in [-0.05, 0) is 37.5 Å². The molecule has 1 aliphatic heterocycles. The topological polar surface area (TPSA) is 49.4 Å². The summed E-state index contributed by atoms with van der Waals surface area (Å²) in [4.78, 5) is 26.5. The van der Waals surface area contributed by atoms with Crippen molar-refractivity contribution < 1.29 is 9.59 Å². The molecule has 108 valence electrons. The lowest BCUT2D eigenvalue weighted by Gasteiger charge is -2.28. The fourth-order valence-electron chi connectivity index (χ4n) is 3.20. The first-order valence-corrected chi connectivity index (χ1v) is 7.12. The highest BCUT2D eigenvalue weighted by Gasteiger charge is 2.29. The molecule has 2 aromatic rings. The van der Waals surface area contributed by atoms with E-state index in [2.05, 4.69) is 17.1 Å². The minimum absolute atomic E-state index is 0.149. The summed E-state index contributed by atoms with van der Waals surface area (Å²) in [6.45, 7) is 2.10. The van der Waals surface area contributed by atoms with Crippen molar-refractivity contribution in [3.05, 3.63) is 47.0 Å². The molecule has 2 aromatic carbocycles. The summed E-state index contributed by atoms with van der Waals surface area (Å²) in [5.41, 5.74) is 2.20. The molecule has 0 aliphatic carbocycles. The van der Waals surface area contributed by atoms with Crippen molar-refractivity contribution in [3.63, 3.8) is 0 Å². The van der Waals surface area contributed by atoms with Gasteiger partial charge in [0.1, 0.15) is 0 Å². The highest BCUT2D eigenvalue weighted by atomic mass is 16.2. The zero-order chi connectivity index (χ0) is 15.1. The third kappa shape index (κ3) is 2.03. The minimum Gasteiger partial charge on any atom is -0.302 e. The van der Waals surface area contributed by atoms with Crippen molar-refractivity contribution in [1.29, 1.82) is 0 Å². The first-order chi connectivity index (χ1) is 10.0. The van der Waals surface area contributed by atoms with Gasteiger partial charge in [-0.3, -0.25) is 14.9 Å². The molecule has 1 heterocycles. The van der Waals surface area contributed by atoms with Gasteiger partial charge >= 0.3 is 0 Å². The molecule has 0 radical (unpaired) electrons. The zero-order valence-corrected chi connectivity index (χ0v) is 12.4. The number of nitrogens with zero attached hydrogens (tertiary/aromatic N) is 1. The van der Waals surface area contributed by atoms with Crippen LogP contribution in [-0.4, -0.2) is 30.8 Å². The SMILES string of the molecule is CCC(c1ccc2cccc3c2c1C(=O)NC3=O)N(C)C. The number of rotatable bonds is 3. The highest BCUT2D eigenvalue weighted by molar-refractivity contribution is 6.26. The van der Waals surface area contributed by atoms with E-state index in [4.69, 9.17) is 0 Å². The number of nitrogens with one attached hydrogen (secondary N) is 1. The van der Waals surface area contributed by atoms with Crippen LogP contribution in [0.25, 0.3) is 10.8 Å². The van der Waals surface area contributed by atoms with Crippen LogP contribution in [0, 0.1) is 0 Å². The molecule has 1 N–H and O–H groups in total. The van der Waals surface area contributed by atoms with Crippen molar-refractivity contribution >= 4 is 22.6 Å². The van der Waals surface area contributed by atoms with Gasteiger partial charge in [0.15, 0.2) is 0 Å². The molecule has 0 fully saturated rings. The second-order valence-corrected chi connectivity index (χ2v) is 5.60. The Morgan fingerprint density at radius 1 is 1.10 bits per heavy atom. The van der Waals surface area contributed by atoms with Gasteiger partial charge in [-0.1, -0.05) is 31.2 Å². The minimum atomic E-state index is -0.312. The number of hydrogen-bond acceptors (Lipinski definition) is 3. The van der Waals surface area contributed by atoms with Gasteiger partial charge in [-0.15, -0.1) is 0 Å². The van der Waals surface area contributed by atoms with Crippen molar-refractivity contribution in [2.45, 2.75) is 19.4 Å². The van der Waals surface area contributed by atoms with E-state index < -0.39 is 0 Å². The Morgan fingerprint density at radius 2 is 1.86 bits per heavy atom. The monoisotopic (exact) mass is 282 g/mol. The van der Waals surface area contributed by atoms with E-state index in [1.165, 1.54) is 0 Å². The summed E-state index contributed by atoms with van der Waals surface area (Å²) < 4.78 is 0. The molecule has 0 saturated carbocycles. The molecule has 0 aromatic heterocycles. The second-order valence-electron chi connectivity index (χ2n) is 5.60. The Hall–Kier alpha value is -2.20. The van der Waals surface area contributed by atoms with E-state index in [0.717, 1.165) is 22.8 Å². The van der Waals surface area contributed by atoms with Crippen LogP contribution in [0.3, 0.4) is 0 Å². The average molecular weight is 282 g/mol. The lowest BCUT2D eigenvalue weighted by atomic mass is 9.88. The Morgan fingerprint density at radius 3 is 2.52 bits per heavy atom. The van der Waals surface area contributed by atoms with Gasteiger partial charge in [-0.2, -0.15) is 0 Å². The molecule has 0 spiro atoms. The highest BCUT2D eigenvalue weighted by Crippen LogP contribution is 2.34. The average Bonchev–Trinajstić information content (AvgIpc) is 2.45. The van der Waals surface area contributed by atoms with Crippen molar-refractivity contribution in [2.24, 2.45) is 0 Å². The Labute approximate surface area is 123 Å². The van der Waals surface area contributed by atoms with Crippen LogP contribution in [0.15, 0.2) is 30.3 Å². The van der Waals surface area contributed by atoms with Crippen LogP contribution in [0.4, 0.5) is 0 Å². The quantitative estimate of drug-likeness (QED) is 0.881. The maximum Gasteiger partial charge on any atom is 0.259 e. The molecule has 2 amide bonds. The van der Waals surface area contributed by atoms with Crippen LogP contribution in [-0.2, 0) is 0 Å². The van der Waals surface area contributed by atoms with Crippen LogP contribution in [0.2, 0.25) is 0 Å². The van der Waals surface area contributed by atoms with Crippen LogP contribution in [0.1, 0.15) is 45.7 Å². The Balaban J connectivity index is 2.38. The largest absolute Gasteiger partial charge is 0.302 e. The molecule has 0 bridgehead atoms. The molecule has 4 nitrogen and oxygen atoms in total. The van der Waals surface area contributed by atoms with Crippen LogP contribution in [0.5, 0.6) is 0 Å². The Bertz CT molecular complexity index is 750. The molecule has 21 heavy (non-hydrogen) atoms. The van der Waals surface area contributed by atoms with Crippen molar-refractivity contribution in [2.75, 3.05) is 14.1 Å². The van der Waals surface area contributed by atoms with E-state index in [9.17, 15) is 9.59 Å². The standard InChI is InChI=1S/C17H18N2O2/c1-4-13(19(2)3)11-9-8-10-6-5-7-12-14(10)15(11)17(21)18-16(12)20/h5-9,13H,4H2,1-3H3,(H,18,20,21). The molecule has 1 unspecified atom stereocenters. The number of hydrogen-bond donors (Lipinski definition) is 1. The molecule has 0 saturated heterocycles. The van der Waals surface area contributed by atoms with Gasteiger partial charge in [0.25, 0.3) is 11.8 Å². The Kier molecular flexibility index (Phi) is 3.26. The van der Waals surface area contributed by atoms with Crippen LogP contribution >= 0.6 is 0 Å². The second kappa shape index (κ2) is 4.97. The number of carbonyl (C=O) groups excluding carboxylic acids is 2. The molecule has 1 atom stereocenters. The molecule has 1 aliphatic rings. The normalized spacial score (nSPS) is 15.4. The van der Waals surface area contributed by atoms with Gasteiger partial charge in [0, 0.05) is 17.0 Å². The number of amides is 2. The van der Waals surface area contributed by atoms with Crippen molar-refractivity contribution in [3.8, 4) is 0 Å². The van der Waals surface area contributed by atoms with Crippen molar-refractivity contribution in [1.82, 2.24) is 10.2 Å². The first kappa shape index (κ1) is 13.8. The lowest BCUT2D eigenvalue weighted by Crippen LogP contribution is -2.36. The molecular weight excluding hydrogens is 264 g/mol. The molecular formula is C17H18N2O2. The maximum absolute atomic E-state index is 12.4. The van der Waals surface area contributed by atoms with E-state index in [-0.39, 0.29) is 17.9 Å². The fraction of sp³-hybridized carbons (Fsp3) is 0.294. The smallest absolute Gasteiger partial charge is 0.259 e. The van der Waals surface area contributed by atoms with E-state index in [0.29, 0.717) is 11.1 Å². The van der Waals surface area contributed by atoms with E-state index >= 15 is 0 Å². The third-order valence-corrected chi connectivity index (χ3v) is 4.15. The predicted molar refractivity (Wildman–Crippen MR) is 82.5 cm³/mol. The summed E-state index contributed by atoms with van der Waals surface area (Å²) >= 11 is 0. The molecule has 3 rings (SSSR count). The van der Waals surface area contributed by atoms with E-state index in [1.54, 1.807) is 6.07 Å². The van der Waals surface area contributed by atoms with Gasteiger partial charge in [-0.25, -0.2) is 0 Å². The molecule has 4 heteroatoms. The predicted octanol–water partition coefficient (Wildman–Crippen LogP) is 2.74. The number of benzene rings is 2. The van der Waals surface area contributed by atoms with Crippen LogP contribution < -0.4 is 5.32 Å². The summed E-state index contributed by atoms with van der Waals surface area (Å²) in [7, 11) is 4.01. The van der Waals surface area contributed by atoms with E-state index in [1.807, 2.05) is 38.4 Å². The maximum atomic E-state index is 12.4. The summed E-state index contributed by atoms with van der Waals surface area (Å²) in [5, 5.41) is 4.17. The summed E-state index contributed by atoms with van der Waals surface area (Å²) in [6, 6.07) is 9.71. The third-order valence-electron chi connectivity index (χ3n) is 4.15. The van der Waals surface area contributed by atoms with Gasteiger partial charge in [0.2, 0.25) is 0 Å². The summed E-state index contributed by atoms with van der Waals surface area (Å²) in [5.74, 6) is -0.604. The fourth-order valence-corrected chi connectivity index (χ4v) is 3.20. The number of carbonyl (C=O) groups is 2.